The van der Waals surface area contributed by atoms with Crippen LogP contribution in [0.25, 0.3) is 0 Å². The minimum atomic E-state index is -0.0469. The van der Waals surface area contributed by atoms with Gasteiger partial charge < -0.3 is 11.1 Å². The molecule has 0 saturated carbocycles. The smallest absolute Gasteiger partial charge is 0.226 e. The van der Waals surface area contributed by atoms with Crippen LogP contribution in [-0.4, -0.2) is 26.8 Å². The number of thioether (sulfide) groups is 1. The van der Waals surface area contributed by atoms with Crippen LogP contribution in [0.15, 0.2) is 9.72 Å². The van der Waals surface area contributed by atoms with Crippen LogP contribution in [-0.2, 0) is 4.79 Å². The summed E-state index contributed by atoms with van der Waals surface area (Å²) in [5.74, 6) is 0.597. The summed E-state index contributed by atoms with van der Waals surface area (Å²) in [7, 11) is 0. The Kier molecular flexibility index (Phi) is 4.50. The van der Waals surface area contributed by atoms with Gasteiger partial charge in [0, 0.05) is 17.6 Å². The highest BCUT2D eigenvalue weighted by Gasteiger charge is 2.07. The zero-order valence-corrected chi connectivity index (χ0v) is 12.0. The maximum atomic E-state index is 11.6. The minimum Gasteiger partial charge on any atom is -0.374 e. The van der Waals surface area contributed by atoms with E-state index in [1.165, 1.54) is 34.4 Å². The van der Waals surface area contributed by atoms with Crippen molar-refractivity contribution in [3.63, 3.8) is 0 Å². The molecule has 0 radical (unpaired) electrons. The molecule has 2 heterocycles. The Morgan fingerprint density at radius 1 is 1.56 bits per heavy atom. The average molecular weight is 301 g/mol. The monoisotopic (exact) mass is 301 g/mol. The number of hydrogen-bond donors (Lipinski definition) is 2. The molecule has 3 N–H and O–H groups in total. The highest BCUT2D eigenvalue weighted by atomic mass is 32.2. The first-order chi connectivity index (χ1) is 8.63. The maximum Gasteiger partial charge on any atom is 0.226 e. The first-order valence-corrected chi connectivity index (χ1v) is 7.75. The number of aryl methyl sites for hydroxylation is 1. The molecule has 6 nitrogen and oxygen atoms in total. The number of hydrogen-bond acceptors (Lipinski definition) is 8. The molecule has 0 atom stereocenters. The van der Waals surface area contributed by atoms with Gasteiger partial charge in [0.1, 0.15) is 0 Å². The van der Waals surface area contributed by atoms with Gasteiger partial charge in [0.25, 0.3) is 0 Å². The summed E-state index contributed by atoms with van der Waals surface area (Å²) in [6, 6.07) is 0. The summed E-state index contributed by atoms with van der Waals surface area (Å²) in [6.45, 7) is 1.89. The maximum absolute atomic E-state index is 11.6. The molecule has 0 bridgehead atoms. The molecule has 0 unspecified atom stereocenters. The highest BCUT2D eigenvalue weighted by molar-refractivity contribution is 8.01. The fraction of sp³-hybridized carbons (Fsp3) is 0.333. The number of aromatic nitrogens is 3. The van der Waals surface area contributed by atoms with Crippen molar-refractivity contribution in [1.82, 2.24) is 15.2 Å². The zero-order valence-electron chi connectivity index (χ0n) is 9.54. The summed E-state index contributed by atoms with van der Waals surface area (Å²) in [5.41, 5.74) is 6.37. The lowest BCUT2D eigenvalue weighted by molar-refractivity contribution is -0.115. The van der Waals surface area contributed by atoms with Crippen LogP contribution in [0.2, 0.25) is 0 Å². The Bertz CT molecular complexity index is 538. The number of nitrogens with two attached hydrogens (primary N) is 1. The van der Waals surface area contributed by atoms with Gasteiger partial charge in [0.15, 0.2) is 9.47 Å². The molecule has 96 valence electrons. The van der Waals surface area contributed by atoms with Crippen molar-refractivity contribution >= 4 is 50.6 Å². The van der Waals surface area contributed by atoms with E-state index in [0.29, 0.717) is 22.4 Å². The number of nitrogen functional groups attached to an aromatic ring is 1. The number of amides is 1. The molecule has 2 aromatic rings. The first-order valence-electron chi connectivity index (χ1n) is 5.07. The van der Waals surface area contributed by atoms with Crippen LogP contribution in [0, 0.1) is 6.92 Å². The lowest BCUT2D eigenvalue weighted by Crippen LogP contribution is -2.11. The van der Waals surface area contributed by atoms with Crippen molar-refractivity contribution in [2.45, 2.75) is 17.7 Å². The molecule has 18 heavy (non-hydrogen) atoms. The van der Waals surface area contributed by atoms with Gasteiger partial charge in [-0.2, -0.15) is 0 Å². The van der Waals surface area contributed by atoms with Gasteiger partial charge >= 0.3 is 0 Å². The topological polar surface area (TPSA) is 93.8 Å². The van der Waals surface area contributed by atoms with Crippen LogP contribution in [0.5, 0.6) is 0 Å². The third-order valence-corrected chi connectivity index (χ3v) is 4.61. The van der Waals surface area contributed by atoms with Crippen molar-refractivity contribution in [3.8, 4) is 0 Å². The Morgan fingerprint density at radius 2 is 2.39 bits per heavy atom. The number of nitrogens with zero attached hydrogens (tertiary/aromatic N) is 3. The number of anilines is 2. The fourth-order valence-electron chi connectivity index (χ4n) is 1.10. The van der Waals surface area contributed by atoms with Crippen LogP contribution >= 0.6 is 34.4 Å². The molecule has 1 amide bonds. The number of thiazole rings is 1. The molecule has 0 saturated heterocycles. The van der Waals surface area contributed by atoms with E-state index < -0.39 is 0 Å². The van der Waals surface area contributed by atoms with E-state index in [1.54, 1.807) is 0 Å². The third kappa shape index (κ3) is 3.93. The summed E-state index contributed by atoms with van der Waals surface area (Å²) < 4.78 is 0.783. The van der Waals surface area contributed by atoms with Crippen molar-refractivity contribution in [1.29, 1.82) is 0 Å². The molecular formula is C9H11N5OS3. The second kappa shape index (κ2) is 6.12. The van der Waals surface area contributed by atoms with Gasteiger partial charge in [0.05, 0.1) is 5.69 Å². The number of rotatable bonds is 5. The van der Waals surface area contributed by atoms with E-state index >= 15 is 0 Å². The van der Waals surface area contributed by atoms with Gasteiger partial charge in [-0.3, -0.25) is 4.79 Å². The Balaban J connectivity index is 1.72. The van der Waals surface area contributed by atoms with Crippen LogP contribution < -0.4 is 11.1 Å². The largest absolute Gasteiger partial charge is 0.374 e. The van der Waals surface area contributed by atoms with E-state index in [4.69, 9.17) is 5.73 Å². The van der Waals surface area contributed by atoms with E-state index in [2.05, 4.69) is 20.5 Å². The first kappa shape index (κ1) is 13.2. The van der Waals surface area contributed by atoms with Gasteiger partial charge in [-0.05, 0) is 6.92 Å². The fourth-order valence-corrected chi connectivity index (χ4v) is 3.45. The molecule has 0 aliphatic carbocycles. The van der Waals surface area contributed by atoms with Crippen molar-refractivity contribution in [3.05, 3.63) is 11.1 Å². The third-order valence-electron chi connectivity index (χ3n) is 1.84. The van der Waals surface area contributed by atoms with Gasteiger partial charge in [-0.1, -0.05) is 23.1 Å². The van der Waals surface area contributed by atoms with E-state index in [0.717, 1.165) is 10.0 Å². The molecular weight excluding hydrogens is 290 g/mol. The summed E-state index contributed by atoms with van der Waals surface area (Å²) in [6.07, 6.45) is 0.406. The van der Waals surface area contributed by atoms with Crippen LogP contribution in [0.4, 0.5) is 10.3 Å². The van der Waals surface area contributed by atoms with Gasteiger partial charge in [-0.15, -0.1) is 21.5 Å². The normalized spacial score (nSPS) is 10.5. The molecule has 2 aromatic heterocycles. The lowest BCUT2D eigenvalue weighted by Gasteiger charge is -1.99. The molecule has 0 aromatic carbocycles. The van der Waals surface area contributed by atoms with Gasteiger partial charge in [-0.25, -0.2) is 4.98 Å². The molecule has 0 aliphatic rings. The Morgan fingerprint density at radius 3 is 3.00 bits per heavy atom. The van der Waals surface area contributed by atoms with Crippen LogP contribution in [0.3, 0.4) is 0 Å². The molecule has 0 fully saturated rings. The summed E-state index contributed by atoms with van der Waals surface area (Å²) in [5, 5.41) is 13.3. The van der Waals surface area contributed by atoms with E-state index in [9.17, 15) is 4.79 Å². The Hall–Kier alpha value is -1.19. The zero-order chi connectivity index (χ0) is 13.0. The average Bonchev–Trinajstić information content (AvgIpc) is 2.88. The molecule has 2 rings (SSSR count). The van der Waals surface area contributed by atoms with Crippen LogP contribution in [0.1, 0.15) is 12.1 Å². The van der Waals surface area contributed by atoms with E-state index in [1.807, 2.05) is 12.3 Å². The predicted octanol–water partition coefficient (Wildman–Crippen LogP) is 2.01. The number of nitrogens with one attached hydrogen (secondary N) is 1. The van der Waals surface area contributed by atoms with Crippen molar-refractivity contribution in [2.24, 2.45) is 0 Å². The second-order valence-electron chi connectivity index (χ2n) is 3.35. The molecule has 9 heteroatoms. The van der Waals surface area contributed by atoms with Crippen molar-refractivity contribution in [2.75, 3.05) is 16.8 Å². The van der Waals surface area contributed by atoms with Gasteiger partial charge in [0.2, 0.25) is 11.0 Å². The highest BCUT2D eigenvalue weighted by Crippen LogP contribution is 2.24. The van der Waals surface area contributed by atoms with E-state index in [-0.39, 0.29) is 5.91 Å². The minimum absolute atomic E-state index is 0.0469. The Labute approximate surface area is 116 Å². The summed E-state index contributed by atoms with van der Waals surface area (Å²) in [4.78, 5) is 15.8. The molecule has 0 spiro atoms. The SMILES string of the molecule is Cc1csc(NC(=O)CCSc2nnc(N)s2)n1. The quantitative estimate of drug-likeness (QED) is 0.820. The second-order valence-corrected chi connectivity index (χ2v) is 6.56. The molecule has 0 aliphatic heterocycles. The number of carbonyl (C=O) groups excluding carboxylic acids is 1. The standard InChI is InChI=1S/C9H11N5OS3/c1-5-4-17-8(11-5)12-6(15)2-3-16-9-14-13-7(10)18-9/h4H,2-3H2,1H3,(H2,10,13)(H,11,12,15). The summed E-state index contributed by atoms with van der Waals surface area (Å²) >= 11 is 4.22. The predicted molar refractivity (Wildman–Crippen MR) is 75.1 cm³/mol. The lowest BCUT2D eigenvalue weighted by atomic mass is 10.4. The number of carbonyl (C=O) groups is 1. The van der Waals surface area contributed by atoms with Crippen molar-refractivity contribution < 1.29 is 4.79 Å².